The quantitative estimate of drug-likeness (QED) is 0.398. The van der Waals surface area contributed by atoms with E-state index in [2.05, 4.69) is 30.8 Å². The van der Waals surface area contributed by atoms with Crippen LogP contribution >= 0.6 is 27.3 Å². The van der Waals surface area contributed by atoms with Crippen LogP contribution in [-0.4, -0.2) is 57.1 Å². The maximum Gasteiger partial charge on any atom is 0.246 e. The van der Waals surface area contributed by atoms with Gasteiger partial charge in [-0.2, -0.15) is 0 Å². The Hall–Kier alpha value is -2.62. The lowest BCUT2D eigenvalue weighted by atomic mass is 9.98. The van der Waals surface area contributed by atoms with Crippen molar-refractivity contribution in [2.45, 2.75) is 32.0 Å². The zero-order chi connectivity index (χ0) is 22.7. The van der Waals surface area contributed by atoms with Gasteiger partial charge in [0.1, 0.15) is 18.4 Å². The SMILES string of the molecule is CC[C@H]1C(C=O)N(Cc2ccc3c(N)ncnc3c2)CCN1C(=O)C=Cc1cc(Br)cs1. The molecule has 1 aliphatic rings. The third-order valence-corrected chi connectivity index (χ3v) is 7.44. The zero-order valence-electron chi connectivity index (χ0n) is 17.6. The summed E-state index contributed by atoms with van der Waals surface area (Å²) < 4.78 is 0.999. The summed E-state index contributed by atoms with van der Waals surface area (Å²) in [6, 6.07) is 7.32. The van der Waals surface area contributed by atoms with Crippen LogP contribution in [-0.2, 0) is 16.1 Å². The van der Waals surface area contributed by atoms with E-state index in [1.54, 1.807) is 17.4 Å². The minimum Gasteiger partial charge on any atom is -0.383 e. The fraction of sp³-hybridized carbons (Fsp3) is 0.304. The van der Waals surface area contributed by atoms with Crippen molar-refractivity contribution in [3.05, 3.63) is 57.0 Å². The second kappa shape index (κ2) is 9.89. The van der Waals surface area contributed by atoms with Crippen LogP contribution in [0.25, 0.3) is 17.0 Å². The number of carbonyl (C=O) groups excluding carboxylic acids is 2. The highest BCUT2D eigenvalue weighted by Crippen LogP contribution is 2.25. The number of aldehydes is 1. The number of halogens is 1. The number of hydrogen-bond acceptors (Lipinski definition) is 7. The summed E-state index contributed by atoms with van der Waals surface area (Å²) in [6.45, 7) is 3.80. The first-order valence-electron chi connectivity index (χ1n) is 10.4. The van der Waals surface area contributed by atoms with Crippen molar-refractivity contribution in [2.75, 3.05) is 18.8 Å². The normalized spacial score (nSPS) is 19.6. The van der Waals surface area contributed by atoms with E-state index in [-0.39, 0.29) is 18.0 Å². The van der Waals surface area contributed by atoms with E-state index in [1.165, 1.54) is 6.33 Å². The van der Waals surface area contributed by atoms with Crippen LogP contribution in [0.4, 0.5) is 5.82 Å². The molecule has 0 radical (unpaired) electrons. The number of aromatic nitrogens is 2. The second-order valence-electron chi connectivity index (χ2n) is 7.72. The minimum atomic E-state index is -0.367. The van der Waals surface area contributed by atoms with Crippen molar-refractivity contribution in [1.82, 2.24) is 19.8 Å². The number of amides is 1. The van der Waals surface area contributed by atoms with E-state index in [0.29, 0.717) is 31.9 Å². The molecule has 166 valence electrons. The van der Waals surface area contributed by atoms with Crippen molar-refractivity contribution in [3.8, 4) is 0 Å². The van der Waals surface area contributed by atoms with Gasteiger partial charge in [0.05, 0.1) is 17.6 Å². The first kappa shape index (κ1) is 22.6. The van der Waals surface area contributed by atoms with Crippen molar-refractivity contribution < 1.29 is 9.59 Å². The molecule has 4 rings (SSSR count). The smallest absolute Gasteiger partial charge is 0.246 e. The van der Waals surface area contributed by atoms with Crippen LogP contribution in [0.15, 0.2) is 46.5 Å². The molecule has 7 nitrogen and oxygen atoms in total. The fourth-order valence-corrected chi connectivity index (χ4v) is 5.53. The molecular weight excluding hydrogens is 490 g/mol. The number of hydrogen-bond donors (Lipinski definition) is 1. The summed E-state index contributed by atoms with van der Waals surface area (Å²) in [6.07, 6.45) is 6.55. The first-order chi connectivity index (χ1) is 15.5. The van der Waals surface area contributed by atoms with Gasteiger partial charge in [-0.15, -0.1) is 11.3 Å². The number of fused-ring (bicyclic) bond motifs is 1. The van der Waals surface area contributed by atoms with Crippen LogP contribution in [0.5, 0.6) is 0 Å². The van der Waals surface area contributed by atoms with E-state index in [4.69, 9.17) is 5.73 Å². The first-order valence-corrected chi connectivity index (χ1v) is 12.1. The number of rotatable bonds is 6. The van der Waals surface area contributed by atoms with Crippen LogP contribution in [0.1, 0.15) is 23.8 Å². The highest BCUT2D eigenvalue weighted by Gasteiger charge is 2.37. The molecule has 0 bridgehead atoms. The molecule has 2 aromatic heterocycles. The van der Waals surface area contributed by atoms with Crippen LogP contribution in [0, 0.1) is 0 Å². The predicted molar refractivity (Wildman–Crippen MR) is 131 cm³/mol. The Balaban J connectivity index is 1.50. The summed E-state index contributed by atoms with van der Waals surface area (Å²) >= 11 is 5.00. The Kier molecular flexibility index (Phi) is 6.98. The van der Waals surface area contributed by atoms with Gasteiger partial charge in [0.15, 0.2) is 0 Å². The van der Waals surface area contributed by atoms with Crippen molar-refractivity contribution in [3.63, 3.8) is 0 Å². The molecule has 0 saturated carbocycles. The van der Waals surface area contributed by atoms with E-state index in [9.17, 15) is 9.59 Å². The third kappa shape index (κ3) is 4.74. The van der Waals surface area contributed by atoms with Crippen molar-refractivity contribution in [2.24, 2.45) is 0 Å². The molecule has 1 aliphatic heterocycles. The van der Waals surface area contributed by atoms with Crippen LogP contribution < -0.4 is 5.73 Å². The number of carbonyl (C=O) groups is 2. The summed E-state index contributed by atoms with van der Waals surface area (Å²) in [4.78, 5) is 38.3. The van der Waals surface area contributed by atoms with Gasteiger partial charge in [-0.3, -0.25) is 9.69 Å². The lowest BCUT2D eigenvalue weighted by Crippen LogP contribution is -2.60. The van der Waals surface area contributed by atoms with E-state index in [1.807, 2.05) is 47.5 Å². The Morgan fingerprint density at radius 2 is 2.16 bits per heavy atom. The van der Waals surface area contributed by atoms with Gasteiger partial charge >= 0.3 is 0 Å². The summed E-state index contributed by atoms with van der Waals surface area (Å²) in [5.74, 6) is 0.388. The molecule has 1 amide bonds. The average molecular weight is 514 g/mol. The molecular formula is C23H24BrN5O2S. The average Bonchev–Trinajstić information content (AvgIpc) is 3.22. The minimum absolute atomic E-state index is 0.0641. The fourth-order valence-electron chi connectivity index (χ4n) is 4.20. The number of anilines is 1. The van der Waals surface area contributed by atoms with Gasteiger partial charge in [-0.1, -0.05) is 13.0 Å². The predicted octanol–water partition coefficient (Wildman–Crippen LogP) is 3.74. The molecule has 0 aliphatic carbocycles. The highest BCUT2D eigenvalue weighted by atomic mass is 79.9. The molecule has 3 heterocycles. The van der Waals surface area contributed by atoms with E-state index >= 15 is 0 Å². The number of nitrogen functional groups attached to an aromatic ring is 1. The number of thiophene rings is 1. The monoisotopic (exact) mass is 513 g/mol. The van der Waals surface area contributed by atoms with Crippen molar-refractivity contribution >= 4 is 62.3 Å². The highest BCUT2D eigenvalue weighted by molar-refractivity contribution is 9.10. The van der Waals surface area contributed by atoms with E-state index in [0.717, 1.165) is 32.1 Å². The maximum absolute atomic E-state index is 12.9. The van der Waals surface area contributed by atoms with Gasteiger partial charge in [-0.05, 0) is 52.2 Å². The number of nitrogens with zero attached hydrogens (tertiary/aromatic N) is 4. The topological polar surface area (TPSA) is 92.4 Å². The number of piperazine rings is 1. The van der Waals surface area contributed by atoms with Gasteiger partial charge in [0, 0.05) is 45.8 Å². The number of benzene rings is 1. The van der Waals surface area contributed by atoms with Gasteiger partial charge in [0.2, 0.25) is 5.91 Å². The standard InChI is InChI=1S/C23H24BrN5O2S/c1-2-20-21(12-30)28(11-15-3-5-18-19(9-15)26-14-27-23(18)25)7-8-29(20)22(31)6-4-17-10-16(24)13-32-17/h3-6,9-10,12-14,20-21H,2,7-8,11H2,1H3,(H2,25,26,27)/t20-,21?/m0/s1. The molecule has 3 aromatic rings. The summed E-state index contributed by atoms with van der Waals surface area (Å²) in [5, 5.41) is 2.79. The van der Waals surface area contributed by atoms with Gasteiger partial charge in [-0.25, -0.2) is 9.97 Å². The Morgan fingerprint density at radius 1 is 1.31 bits per heavy atom. The lowest BCUT2D eigenvalue weighted by molar-refractivity contribution is -0.135. The molecule has 1 saturated heterocycles. The molecule has 1 unspecified atom stereocenters. The lowest BCUT2D eigenvalue weighted by Gasteiger charge is -2.45. The molecule has 1 fully saturated rings. The molecule has 1 aromatic carbocycles. The van der Waals surface area contributed by atoms with Crippen molar-refractivity contribution in [1.29, 1.82) is 0 Å². The molecule has 0 spiro atoms. The summed E-state index contributed by atoms with van der Waals surface area (Å²) in [7, 11) is 0. The summed E-state index contributed by atoms with van der Waals surface area (Å²) in [5.41, 5.74) is 7.75. The van der Waals surface area contributed by atoms with Gasteiger partial charge in [0.25, 0.3) is 0 Å². The Labute approximate surface area is 199 Å². The second-order valence-corrected chi connectivity index (χ2v) is 9.57. The largest absolute Gasteiger partial charge is 0.383 e. The molecule has 2 N–H and O–H groups in total. The molecule has 2 atom stereocenters. The Morgan fingerprint density at radius 3 is 2.88 bits per heavy atom. The van der Waals surface area contributed by atoms with Gasteiger partial charge < -0.3 is 15.4 Å². The van der Waals surface area contributed by atoms with E-state index < -0.39 is 0 Å². The number of nitrogens with two attached hydrogens (primary N) is 1. The molecule has 9 heteroatoms. The van der Waals surface area contributed by atoms with Crippen LogP contribution in [0.3, 0.4) is 0 Å². The molecule has 32 heavy (non-hydrogen) atoms. The maximum atomic E-state index is 12.9. The third-order valence-electron chi connectivity index (χ3n) is 5.78. The Bertz CT molecular complexity index is 1160. The zero-order valence-corrected chi connectivity index (χ0v) is 20.1. The van der Waals surface area contributed by atoms with Crippen LogP contribution in [0.2, 0.25) is 0 Å².